The zero-order valence-electron chi connectivity index (χ0n) is 15.6. The molecule has 0 saturated heterocycles. The third kappa shape index (κ3) is 12.2. The van der Waals surface area contributed by atoms with Gasteiger partial charge < -0.3 is 15.8 Å². The van der Waals surface area contributed by atoms with Crippen molar-refractivity contribution in [3.8, 4) is 0 Å². The molecule has 0 aliphatic heterocycles. The van der Waals surface area contributed by atoms with Crippen LogP contribution in [0.25, 0.3) is 0 Å². The number of ether oxygens (including phenoxy) is 1. The van der Waals surface area contributed by atoms with Gasteiger partial charge in [0.2, 0.25) is 0 Å². The average molecular weight is 336 g/mol. The molecule has 1 rings (SSSR count). The highest BCUT2D eigenvalue weighted by Gasteiger charge is 1.95. The molecule has 1 aromatic heterocycles. The van der Waals surface area contributed by atoms with Crippen molar-refractivity contribution in [2.75, 3.05) is 30.8 Å². The highest BCUT2D eigenvalue weighted by atomic mass is 16.5. The van der Waals surface area contributed by atoms with Crippen LogP contribution in [0.2, 0.25) is 0 Å². The van der Waals surface area contributed by atoms with E-state index in [0.29, 0.717) is 5.82 Å². The first-order chi connectivity index (χ1) is 11.8. The summed E-state index contributed by atoms with van der Waals surface area (Å²) in [4.78, 5) is 4.20. The van der Waals surface area contributed by atoms with Crippen LogP contribution < -0.4 is 11.1 Å². The van der Waals surface area contributed by atoms with Gasteiger partial charge in [0.25, 0.3) is 0 Å². The molecule has 1 aromatic rings. The first kappa shape index (κ1) is 20.8. The van der Waals surface area contributed by atoms with Gasteiger partial charge in [0.05, 0.1) is 0 Å². The molecular formula is C20H37N3O. The average Bonchev–Trinajstić information content (AvgIpc) is 2.58. The summed E-state index contributed by atoms with van der Waals surface area (Å²) in [5.41, 5.74) is 5.64. The molecule has 0 aliphatic rings. The smallest absolute Gasteiger partial charge is 0.128 e. The monoisotopic (exact) mass is 335 g/mol. The summed E-state index contributed by atoms with van der Waals surface area (Å²) in [7, 11) is 0. The molecule has 3 N–H and O–H groups in total. The summed E-state index contributed by atoms with van der Waals surface area (Å²) in [6, 6.07) is 5.63. The number of hydrogen-bond acceptors (Lipinski definition) is 4. The van der Waals surface area contributed by atoms with Crippen LogP contribution in [0.3, 0.4) is 0 Å². The Kier molecular flexibility index (Phi) is 13.2. The summed E-state index contributed by atoms with van der Waals surface area (Å²) in [5.74, 6) is 1.39. The van der Waals surface area contributed by atoms with Crippen molar-refractivity contribution in [3.05, 3.63) is 18.2 Å². The standard InChI is InChI=1S/C20H37N3O/c1-2-3-4-5-6-7-8-9-10-11-17-24-18-13-16-22-20-15-12-14-19(21)23-20/h12,14-15H,2-11,13,16-18H2,1H3,(H3,21,22,23). The lowest BCUT2D eigenvalue weighted by molar-refractivity contribution is 0.129. The molecule has 0 aliphatic carbocycles. The molecule has 0 fully saturated rings. The molecule has 4 heteroatoms. The maximum absolute atomic E-state index is 5.68. The predicted molar refractivity (Wildman–Crippen MR) is 104 cm³/mol. The van der Waals surface area contributed by atoms with Crippen LogP contribution in [0.1, 0.15) is 77.6 Å². The minimum atomic E-state index is 0.553. The van der Waals surface area contributed by atoms with E-state index in [0.717, 1.165) is 32.0 Å². The van der Waals surface area contributed by atoms with Crippen molar-refractivity contribution in [2.45, 2.75) is 77.6 Å². The molecular weight excluding hydrogens is 298 g/mol. The minimum Gasteiger partial charge on any atom is -0.384 e. The van der Waals surface area contributed by atoms with Crippen LogP contribution in [-0.2, 0) is 4.74 Å². The Hall–Kier alpha value is -1.29. The van der Waals surface area contributed by atoms with Crippen LogP contribution in [0, 0.1) is 0 Å². The lowest BCUT2D eigenvalue weighted by Crippen LogP contribution is -2.08. The molecule has 0 bridgehead atoms. The number of unbranched alkanes of at least 4 members (excludes halogenated alkanes) is 9. The van der Waals surface area contributed by atoms with E-state index in [4.69, 9.17) is 10.5 Å². The Balaban J connectivity index is 1.76. The zero-order chi connectivity index (χ0) is 17.3. The summed E-state index contributed by atoms with van der Waals surface area (Å²) in [5, 5.41) is 3.26. The van der Waals surface area contributed by atoms with Gasteiger partial charge in [-0.3, -0.25) is 0 Å². The first-order valence-corrected chi connectivity index (χ1v) is 9.87. The van der Waals surface area contributed by atoms with Crippen LogP contribution in [0.15, 0.2) is 18.2 Å². The van der Waals surface area contributed by atoms with E-state index in [1.54, 1.807) is 6.07 Å². The molecule has 0 radical (unpaired) electrons. The van der Waals surface area contributed by atoms with Gasteiger partial charge in [-0.05, 0) is 25.0 Å². The van der Waals surface area contributed by atoms with Crippen LogP contribution in [0.4, 0.5) is 11.6 Å². The Bertz CT molecular complexity index is 398. The molecule has 0 saturated carbocycles. The number of nitrogens with zero attached hydrogens (tertiary/aromatic N) is 1. The number of anilines is 2. The largest absolute Gasteiger partial charge is 0.384 e. The van der Waals surface area contributed by atoms with E-state index in [9.17, 15) is 0 Å². The summed E-state index contributed by atoms with van der Waals surface area (Å²) in [6.45, 7) is 4.85. The quantitative estimate of drug-likeness (QED) is 0.397. The van der Waals surface area contributed by atoms with E-state index >= 15 is 0 Å². The second-order valence-electron chi connectivity index (χ2n) is 6.52. The van der Waals surface area contributed by atoms with E-state index < -0.39 is 0 Å². The van der Waals surface area contributed by atoms with E-state index in [-0.39, 0.29) is 0 Å². The van der Waals surface area contributed by atoms with Crippen molar-refractivity contribution in [1.82, 2.24) is 4.98 Å². The number of nitrogens with one attached hydrogen (secondary N) is 1. The fourth-order valence-electron chi connectivity index (χ4n) is 2.73. The molecule has 0 aromatic carbocycles. The Morgan fingerprint density at radius 2 is 1.50 bits per heavy atom. The maximum Gasteiger partial charge on any atom is 0.128 e. The van der Waals surface area contributed by atoms with Gasteiger partial charge in [-0.15, -0.1) is 0 Å². The fraction of sp³-hybridized carbons (Fsp3) is 0.750. The van der Waals surface area contributed by atoms with Crippen LogP contribution >= 0.6 is 0 Å². The van der Waals surface area contributed by atoms with Crippen molar-refractivity contribution in [1.29, 1.82) is 0 Å². The maximum atomic E-state index is 5.68. The zero-order valence-corrected chi connectivity index (χ0v) is 15.6. The van der Waals surface area contributed by atoms with E-state index in [2.05, 4.69) is 17.2 Å². The van der Waals surface area contributed by atoms with E-state index in [1.807, 2.05) is 12.1 Å². The normalized spacial score (nSPS) is 10.9. The molecule has 0 atom stereocenters. The molecule has 1 heterocycles. The number of nitrogen functional groups attached to an aromatic ring is 1. The minimum absolute atomic E-state index is 0.553. The fourth-order valence-corrected chi connectivity index (χ4v) is 2.73. The second kappa shape index (κ2) is 15.3. The van der Waals surface area contributed by atoms with Crippen LogP contribution in [-0.4, -0.2) is 24.7 Å². The van der Waals surface area contributed by atoms with Gasteiger partial charge in [-0.2, -0.15) is 0 Å². The van der Waals surface area contributed by atoms with Gasteiger partial charge >= 0.3 is 0 Å². The molecule has 138 valence electrons. The topological polar surface area (TPSA) is 60.2 Å². The Labute approximate surface area is 148 Å². The third-order valence-corrected chi connectivity index (χ3v) is 4.18. The first-order valence-electron chi connectivity index (χ1n) is 9.87. The van der Waals surface area contributed by atoms with Crippen molar-refractivity contribution >= 4 is 11.6 Å². The van der Waals surface area contributed by atoms with Gasteiger partial charge in [0, 0.05) is 19.8 Å². The molecule has 0 spiro atoms. The van der Waals surface area contributed by atoms with Crippen molar-refractivity contribution in [3.63, 3.8) is 0 Å². The molecule has 4 nitrogen and oxygen atoms in total. The third-order valence-electron chi connectivity index (χ3n) is 4.18. The van der Waals surface area contributed by atoms with Gasteiger partial charge in [0.15, 0.2) is 0 Å². The number of hydrogen-bond donors (Lipinski definition) is 2. The van der Waals surface area contributed by atoms with Crippen molar-refractivity contribution in [2.24, 2.45) is 0 Å². The Morgan fingerprint density at radius 1 is 0.875 bits per heavy atom. The number of rotatable bonds is 16. The van der Waals surface area contributed by atoms with Gasteiger partial charge in [-0.1, -0.05) is 70.8 Å². The van der Waals surface area contributed by atoms with Crippen molar-refractivity contribution < 1.29 is 4.74 Å². The summed E-state index contributed by atoms with van der Waals surface area (Å²) >= 11 is 0. The summed E-state index contributed by atoms with van der Waals surface area (Å²) in [6.07, 6.45) is 14.7. The molecule has 0 unspecified atom stereocenters. The highest BCUT2D eigenvalue weighted by Crippen LogP contribution is 2.10. The number of pyridine rings is 1. The van der Waals surface area contributed by atoms with Gasteiger partial charge in [0.1, 0.15) is 11.6 Å². The molecule has 24 heavy (non-hydrogen) atoms. The van der Waals surface area contributed by atoms with Crippen LogP contribution in [0.5, 0.6) is 0 Å². The number of aromatic nitrogens is 1. The number of nitrogens with two attached hydrogens (primary N) is 1. The molecule has 0 amide bonds. The lowest BCUT2D eigenvalue weighted by atomic mass is 10.1. The SMILES string of the molecule is CCCCCCCCCCCCOCCCNc1cccc(N)n1. The highest BCUT2D eigenvalue weighted by molar-refractivity contribution is 5.41. The summed E-state index contributed by atoms with van der Waals surface area (Å²) < 4.78 is 5.68. The second-order valence-corrected chi connectivity index (χ2v) is 6.52. The predicted octanol–water partition coefficient (Wildman–Crippen LogP) is 5.40. The van der Waals surface area contributed by atoms with Gasteiger partial charge in [-0.25, -0.2) is 4.98 Å². The Morgan fingerprint density at radius 3 is 2.17 bits per heavy atom. The van der Waals surface area contributed by atoms with E-state index in [1.165, 1.54) is 64.2 Å². The lowest BCUT2D eigenvalue weighted by Gasteiger charge is -2.07.